The second kappa shape index (κ2) is 6.23. The van der Waals surface area contributed by atoms with Crippen molar-refractivity contribution in [2.75, 3.05) is 12.4 Å². The summed E-state index contributed by atoms with van der Waals surface area (Å²) in [5, 5.41) is 12.4. The molecule has 21 heavy (non-hydrogen) atoms. The lowest BCUT2D eigenvalue weighted by Crippen LogP contribution is -2.03. The number of ether oxygens (including phenoxy) is 1. The maximum Gasteiger partial charge on any atom is 0.356 e. The van der Waals surface area contributed by atoms with Crippen LogP contribution in [0.2, 0.25) is 0 Å². The third-order valence-corrected chi connectivity index (χ3v) is 4.12. The summed E-state index contributed by atoms with van der Waals surface area (Å²) < 4.78 is 6.04. The van der Waals surface area contributed by atoms with Crippen LogP contribution in [-0.4, -0.2) is 29.0 Å². The molecule has 0 aliphatic heterocycles. The van der Waals surface area contributed by atoms with Gasteiger partial charge in [-0.05, 0) is 18.2 Å². The fraction of sp³-hybridized carbons (Fsp3) is 0.154. The van der Waals surface area contributed by atoms with Gasteiger partial charge in [-0.3, -0.25) is 4.79 Å². The number of carboxylic acids is 1. The molecule has 0 saturated heterocycles. The van der Waals surface area contributed by atoms with Crippen LogP contribution in [0, 0.1) is 0 Å². The third-order valence-electron chi connectivity index (χ3n) is 2.55. The summed E-state index contributed by atoms with van der Waals surface area (Å²) in [6.07, 6.45) is 0. The van der Waals surface area contributed by atoms with E-state index in [0.717, 1.165) is 15.8 Å². The topological polar surface area (TPSA) is 88.5 Å². The quantitative estimate of drug-likeness (QED) is 0.782. The number of thiazole rings is 1. The van der Waals surface area contributed by atoms with Crippen molar-refractivity contribution in [2.24, 2.45) is 0 Å². The zero-order valence-corrected chi connectivity index (χ0v) is 13.5. The molecule has 8 heteroatoms. The number of carbonyl (C=O) groups is 2. The normalized spacial score (nSPS) is 10.2. The maximum absolute atomic E-state index is 11.5. The van der Waals surface area contributed by atoms with E-state index < -0.39 is 5.97 Å². The molecule has 0 amide bonds. The van der Waals surface area contributed by atoms with Gasteiger partial charge in [-0.2, -0.15) is 0 Å². The van der Waals surface area contributed by atoms with E-state index in [9.17, 15) is 9.59 Å². The number of methoxy groups -OCH3 is 1. The summed E-state index contributed by atoms with van der Waals surface area (Å²) in [6.45, 7) is 1.31. The fourth-order valence-electron chi connectivity index (χ4n) is 1.65. The van der Waals surface area contributed by atoms with Crippen molar-refractivity contribution in [3.05, 3.63) is 33.2 Å². The summed E-state index contributed by atoms with van der Waals surface area (Å²) in [5.74, 6) is -0.987. The van der Waals surface area contributed by atoms with E-state index in [1.807, 2.05) is 6.07 Å². The van der Waals surface area contributed by atoms with Gasteiger partial charge in [0.05, 0.1) is 12.8 Å². The molecule has 6 nitrogen and oxygen atoms in total. The van der Waals surface area contributed by atoms with Crippen molar-refractivity contribution in [3.63, 3.8) is 0 Å². The first-order valence-electron chi connectivity index (χ1n) is 5.78. The van der Waals surface area contributed by atoms with Crippen LogP contribution < -0.4 is 10.1 Å². The lowest BCUT2D eigenvalue weighted by atomic mass is 10.3. The average molecular weight is 371 g/mol. The van der Waals surface area contributed by atoms with E-state index in [4.69, 9.17) is 9.84 Å². The summed E-state index contributed by atoms with van der Waals surface area (Å²) in [7, 11) is 1.53. The number of nitrogens with one attached hydrogen (secondary N) is 1. The number of Topliss-reactive ketones (excluding diaryl/α,β-unsaturated/α-hetero) is 1. The Morgan fingerprint density at radius 1 is 1.43 bits per heavy atom. The average Bonchev–Trinajstić information content (AvgIpc) is 2.83. The molecule has 2 aromatic rings. The van der Waals surface area contributed by atoms with Crippen molar-refractivity contribution < 1.29 is 19.4 Å². The highest BCUT2D eigenvalue weighted by Crippen LogP contribution is 2.33. The minimum Gasteiger partial charge on any atom is -0.495 e. The van der Waals surface area contributed by atoms with Gasteiger partial charge in [0.2, 0.25) is 0 Å². The lowest BCUT2D eigenvalue weighted by molar-refractivity contribution is 0.0687. The Labute approximate surface area is 132 Å². The Balaban J connectivity index is 2.40. The van der Waals surface area contributed by atoms with Crippen molar-refractivity contribution in [3.8, 4) is 5.75 Å². The van der Waals surface area contributed by atoms with Crippen LogP contribution in [0.3, 0.4) is 0 Å². The molecule has 0 saturated carbocycles. The molecule has 2 N–H and O–H groups in total. The van der Waals surface area contributed by atoms with E-state index in [1.165, 1.54) is 14.0 Å². The van der Waals surface area contributed by atoms with Gasteiger partial charge in [0.25, 0.3) is 0 Å². The van der Waals surface area contributed by atoms with Gasteiger partial charge in [-0.25, -0.2) is 9.78 Å². The second-order valence-electron chi connectivity index (χ2n) is 4.03. The number of hydrogen-bond donors (Lipinski definition) is 2. The highest BCUT2D eigenvalue weighted by atomic mass is 79.9. The van der Waals surface area contributed by atoms with Crippen LogP contribution in [0.25, 0.3) is 0 Å². The van der Waals surface area contributed by atoms with E-state index >= 15 is 0 Å². The summed E-state index contributed by atoms with van der Waals surface area (Å²) in [4.78, 5) is 26.6. The zero-order chi connectivity index (χ0) is 15.6. The standard InChI is InChI=1S/C13H11BrN2O4S/c1-6(17)11-10(12(18)19)16-13(21-11)15-8-5-7(14)3-4-9(8)20-2/h3-5H,1-2H3,(H,15,16)(H,18,19). The number of ketones is 1. The van der Waals surface area contributed by atoms with Gasteiger partial charge in [-0.15, -0.1) is 0 Å². The van der Waals surface area contributed by atoms with Crippen LogP contribution in [0.1, 0.15) is 27.1 Å². The van der Waals surface area contributed by atoms with Gasteiger partial charge >= 0.3 is 5.97 Å². The zero-order valence-electron chi connectivity index (χ0n) is 11.1. The summed E-state index contributed by atoms with van der Waals surface area (Å²) in [5.41, 5.74) is 0.372. The van der Waals surface area contributed by atoms with Crippen LogP contribution in [-0.2, 0) is 0 Å². The monoisotopic (exact) mass is 370 g/mol. The molecule has 0 unspecified atom stereocenters. The number of aromatic carboxylic acids is 1. The van der Waals surface area contributed by atoms with Gasteiger partial charge in [0, 0.05) is 11.4 Å². The first-order chi connectivity index (χ1) is 9.92. The number of rotatable bonds is 5. The molecule has 1 heterocycles. The van der Waals surface area contributed by atoms with E-state index in [-0.39, 0.29) is 16.4 Å². The number of hydrogen-bond acceptors (Lipinski definition) is 6. The number of halogens is 1. The van der Waals surface area contributed by atoms with Gasteiger partial charge in [-0.1, -0.05) is 27.3 Å². The number of anilines is 2. The van der Waals surface area contributed by atoms with Crippen molar-refractivity contribution in [1.29, 1.82) is 0 Å². The lowest BCUT2D eigenvalue weighted by Gasteiger charge is -2.09. The Morgan fingerprint density at radius 2 is 2.14 bits per heavy atom. The molecule has 0 aliphatic rings. The minimum absolute atomic E-state index is 0.110. The van der Waals surface area contributed by atoms with Crippen LogP contribution in [0.5, 0.6) is 5.75 Å². The molecular formula is C13H11BrN2O4S. The van der Waals surface area contributed by atoms with E-state index in [0.29, 0.717) is 16.6 Å². The Hall–Kier alpha value is -1.93. The van der Waals surface area contributed by atoms with Crippen molar-refractivity contribution >= 4 is 49.8 Å². The fourth-order valence-corrected chi connectivity index (χ4v) is 2.88. The largest absolute Gasteiger partial charge is 0.495 e. The Bertz CT molecular complexity index is 683. The first kappa shape index (κ1) is 15.5. The number of benzene rings is 1. The highest BCUT2D eigenvalue weighted by molar-refractivity contribution is 9.10. The minimum atomic E-state index is -1.23. The summed E-state index contributed by atoms with van der Waals surface area (Å²) >= 11 is 4.34. The SMILES string of the molecule is COc1ccc(Br)cc1Nc1nc(C(=O)O)c(C(C)=O)s1. The molecule has 110 valence electrons. The molecule has 0 aliphatic carbocycles. The third kappa shape index (κ3) is 3.40. The van der Waals surface area contributed by atoms with Gasteiger partial charge in [0.15, 0.2) is 16.6 Å². The predicted octanol–water partition coefficient (Wildman–Crippen LogP) is 3.56. The van der Waals surface area contributed by atoms with Crippen LogP contribution >= 0.6 is 27.3 Å². The summed E-state index contributed by atoms with van der Waals surface area (Å²) in [6, 6.07) is 5.34. The molecule has 0 radical (unpaired) electrons. The molecule has 0 fully saturated rings. The Morgan fingerprint density at radius 3 is 2.67 bits per heavy atom. The van der Waals surface area contributed by atoms with Gasteiger partial charge in [0.1, 0.15) is 10.6 Å². The number of nitrogens with zero attached hydrogens (tertiary/aromatic N) is 1. The molecular weight excluding hydrogens is 360 g/mol. The van der Waals surface area contributed by atoms with Crippen molar-refractivity contribution in [2.45, 2.75) is 6.92 Å². The van der Waals surface area contributed by atoms with Gasteiger partial charge < -0.3 is 15.2 Å². The molecule has 0 spiro atoms. The maximum atomic E-state index is 11.5. The number of carbonyl (C=O) groups excluding carboxylic acids is 1. The highest BCUT2D eigenvalue weighted by Gasteiger charge is 2.21. The number of aromatic nitrogens is 1. The molecule has 0 bridgehead atoms. The Kier molecular flexibility index (Phi) is 4.59. The van der Waals surface area contributed by atoms with E-state index in [2.05, 4.69) is 26.2 Å². The molecule has 1 aromatic heterocycles. The number of carboxylic acid groups (broad SMARTS) is 1. The molecule has 2 rings (SSSR count). The van der Waals surface area contributed by atoms with Crippen LogP contribution in [0.15, 0.2) is 22.7 Å². The molecule has 1 aromatic carbocycles. The van der Waals surface area contributed by atoms with E-state index in [1.54, 1.807) is 12.1 Å². The van der Waals surface area contributed by atoms with Crippen LogP contribution in [0.4, 0.5) is 10.8 Å². The first-order valence-corrected chi connectivity index (χ1v) is 7.39. The molecule has 0 atom stereocenters. The van der Waals surface area contributed by atoms with Crippen molar-refractivity contribution in [1.82, 2.24) is 4.98 Å². The smallest absolute Gasteiger partial charge is 0.356 e. The second-order valence-corrected chi connectivity index (χ2v) is 5.94. The predicted molar refractivity (Wildman–Crippen MR) is 83.1 cm³/mol.